The van der Waals surface area contributed by atoms with Crippen molar-refractivity contribution in [1.82, 2.24) is 4.57 Å². The first-order chi connectivity index (χ1) is 11.2. The predicted molar refractivity (Wildman–Crippen MR) is 91.5 cm³/mol. The Morgan fingerprint density at radius 2 is 2.00 bits per heavy atom. The van der Waals surface area contributed by atoms with Crippen LogP contribution in [0.15, 0.2) is 41.2 Å². The van der Waals surface area contributed by atoms with Gasteiger partial charge in [0.05, 0.1) is 12.3 Å². The molecule has 0 fully saturated rings. The maximum Gasteiger partial charge on any atom is 0.268 e. The highest BCUT2D eigenvalue weighted by Gasteiger charge is 2.11. The lowest BCUT2D eigenvalue weighted by Gasteiger charge is -2.14. The average Bonchev–Trinajstić information content (AvgIpc) is 2.57. The summed E-state index contributed by atoms with van der Waals surface area (Å²) in [5, 5.41) is 9.11. The molecule has 0 unspecified atom stereocenters. The largest absolute Gasteiger partial charge is 0.494 e. The Labute approximate surface area is 137 Å². The molecule has 0 N–H and O–H groups in total. The van der Waals surface area contributed by atoms with Crippen LogP contribution in [0.4, 0.5) is 0 Å². The number of ether oxygens (including phenoxy) is 1. The first-order valence-electron chi connectivity index (χ1n) is 8.08. The molecule has 1 aromatic heterocycles. The van der Waals surface area contributed by atoms with Gasteiger partial charge >= 0.3 is 0 Å². The van der Waals surface area contributed by atoms with Crippen molar-refractivity contribution >= 4 is 0 Å². The van der Waals surface area contributed by atoms with Gasteiger partial charge in [-0.25, -0.2) is 0 Å². The lowest BCUT2D eigenvalue weighted by Crippen LogP contribution is -2.24. The molecule has 2 rings (SSSR count). The lowest BCUT2D eigenvalue weighted by molar-refractivity contribution is 0.340. The van der Waals surface area contributed by atoms with Crippen LogP contribution in [0.3, 0.4) is 0 Å². The zero-order valence-electron chi connectivity index (χ0n) is 13.7. The van der Waals surface area contributed by atoms with Crippen LogP contribution in [0.25, 0.3) is 11.3 Å². The van der Waals surface area contributed by atoms with E-state index in [1.54, 1.807) is 10.6 Å². The van der Waals surface area contributed by atoms with Gasteiger partial charge in [-0.05, 0) is 37.6 Å². The molecule has 1 aromatic carbocycles. The average molecular weight is 310 g/mol. The molecule has 0 aliphatic heterocycles. The summed E-state index contributed by atoms with van der Waals surface area (Å²) in [5.74, 6) is 0.780. The van der Waals surface area contributed by atoms with Gasteiger partial charge in [-0.1, -0.05) is 31.9 Å². The van der Waals surface area contributed by atoms with E-state index < -0.39 is 0 Å². The molecule has 4 heteroatoms. The highest BCUT2D eigenvalue weighted by molar-refractivity contribution is 5.62. The monoisotopic (exact) mass is 310 g/mol. The standard InChI is InChI=1S/C19H22N2O2/c1-3-5-6-12-21-18(11-10-16(14-20)19(21)22)15-8-7-9-17(13-15)23-4-2/h7-11,13H,3-6,12H2,1-2H3. The molecular weight excluding hydrogens is 288 g/mol. The quantitative estimate of drug-likeness (QED) is 0.727. The Hall–Kier alpha value is -2.54. The molecule has 0 aliphatic carbocycles. The lowest BCUT2D eigenvalue weighted by atomic mass is 10.1. The van der Waals surface area contributed by atoms with Crippen molar-refractivity contribution in [3.63, 3.8) is 0 Å². The van der Waals surface area contributed by atoms with Gasteiger partial charge in [0, 0.05) is 12.1 Å². The molecule has 0 aliphatic rings. The zero-order chi connectivity index (χ0) is 16.7. The van der Waals surface area contributed by atoms with Gasteiger partial charge in [0.2, 0.25) is 0 Å². The predicted octanol–water partition coefficient (Wildman–Crippen LogP) is 3.98. The van der Waals surface area contributed by atoms with Crippen molar-refractivity contribution in [2.24, 2.45) is 0 Å². The van der Waals surface area contributed by atoms with Gasteiger partial charge in [-0.2, -0.15) is 5.26 Å². The second-order valence-corrected chi connectivity index (χ2v) is 5.37. The van der Waals surface area contributed by atoms with Crippen LogP contribution in [0.5, 0.6) is 5.75 Å². The SMILES string of the molecule is CCCCCn1c(-c2cccc(OCC)c2)ccc(C#N)c1=O. The van der Waals surface area contributed by atoms with Gasteiger partial charge in [-0.3, -0.25) is 4.79 Å². The van der Waals surface area contributed by atoms with E-state index in [0.717, 1.165) is 36.3 Å². The van der Waals surface area contributed by atoms with Gasteiger partial charge < -0.3 is 9.30 Å². The Kier molecular flexibility index (Phi) is 5.99. The molecule has 2 aromatic rings. The maximum atomic E-state index is 12.5. The Morgan fingerprint density at radius 3 is 2.70 bits per heavy atom. The summed E-state index contributed by atoms with van der Waals surface area (Å²) in [6.07, 6.45) is 3.06. The van der Waals surface area contributed by atoms with Gasteiger partial charge in [0.15, 0.2) is 0 Å². The molecule has 0 spiro atoms. The van der Waals surface area contributed by atoms with E-state index in [4.69, 9.17) is 10.00 Å². The van der Waals surface area contributed by atoms with Crippen molar-refractivity contribution in [3.05, 3.63) is 52.3 Å². The fraction of sp³-hybridized carbons (Fsp3) is 0.368. The minimum absolute atomic E-state index is 0.186. The second-order valence-electron chi connectivity index (χ2n) is 5.37. The van der Waals surface area contributed by atoms with Crippen molar-refractivity contribution < 1.29 is 4.74 Å². The van der Waals surface area contributed by atoms with Crippen LogP contribution in [-0.4, -0.2) is 11.2 Å². The Balaban J connectivity index is 2.48. The molecule has 0 saturated carbocycles. The molecule has 0 amide bonds. The van der Waals surface area contributed by atoms with E-state index in [2.05, 4.69) is 6.92 Å². The van der Waals surface area contributed by atoms with Gasteiger partial charge in [-0.15, -0.1) is 0 Å². The summed E-state index contributed by atoms with van der Waals surface area (Å²) >= 11 is 0. The van der Waals surface area contributed by atoms with Crippen molar-refractivity contribution in [2.45, 2.75) is 39.7 Å². The van der Waals surface area contributed by atoms with Gasteiger partial charge in [0.1, 0.15) is 17.4 Å². The van der Waals surface area contributed by atoms with E-state index in [1.165, 1.54) is 0 Å². The summed E-state index contributed by atoms with van der Waals surface area (Å²) in [7, 11) is 0. The minimum atomic E-state index is -0.220. The maximum absolute atomic E-state index is 12.5. The number of nitrogens with zero attached hydrogens (tertiary/aromatic N) is 2. The summed E-state index contributed by atoms with van der Waals surface area (Å²) in [6, 6.07) is 13.1. The Bertz CT molecular complexity index is 757. The van der Waals surface area contributed by atoms with Crippen molar-refractivity contribution in [1.29, 1.82) is 5.26 Å². The molecular formula is C19H22N2O2. The van der Waals surface area contributed by atoms with Crippen molar-refractivity contribution in [2.75, 3.05) is 6.61 Å². The van der Waals surface area contributed by atoms with E-state index in [0.29, 0.717) is 13.2 Å². The Morgan fingerprint density at radius 1 is 1.17 bits per heavy atom. The van der Waals surface area contributed by atoms with Crippen LogP contribution in [-0.2, 0) is 6.54 Å². The normalized spacial score (nSPS) is 10.3. The van der Waals surface area contributed by atoms with Crippen molar-refractivity contribution in [3.8, 4) is 23.1 Å². The summed E-state index contributed by atoms with van der Waals surface area (Å²) < 4.78 is 7.25. The number of rotatable bonds is 7. The number of hydrogen-bond acceptors (Lipinski definition) is 3. The fourth-order valence-electron chi connectivity index (χ4n) is 2.57. The molecule has 0 saturated heterocycles. The summed E-state index contributed by atoms with van der Waals surface area (Å²) in [5.41, 5.74) is 1.72. The van der Waals surface area contributed by atoms with Crippen LogP contribution in [0.2, 0.25) is 0 Å². The third kappa shape index (κ3) is 4.01. The number of hydrogen-bond donors (Lipinski definition) is 0. The van der Waals surface area contributed by atoms with E-state index in [-0.39, 0.29) is 11.1 Å². The number of nitriles is 1. The highest BCUT2D eigenvalue weighted by Crippen LogP contribution is 2.24. The third-order valence-corrected chi connectivity index (χ3v) is 3.72. The van der Waals surface area contributed by atoms with Crippen LogP contribution >= 0.6 is 0 Å². The molecule has 23 heavy (non-hydrogen) atoms. The first-order valence-corrected chi connectivity index (χ1v) is 8.08. The number of unbranched alkanes of at least 4 members (excludes halogenated alkanes) is 2. The number of benzene rings is 1. The van der Waals surface area contributed by atoms with Gasteiger partial charge in [0.25, 0.3) is 5.56 Å². The van der Waals surface area contributed by atoms with E-state index in [1.807, 2.05) is 43.3 Å². The van der Waals surface area contributed by atoms with E-state index >= 15 is 0 Å². The molecule has 4 nitrogen and oxygen atoms in total. The summed E-state index contributed by atoms with van der Waals surface area (Å²) in [4.78, 5) is 12.5. The fourth-order valence-corrected chi connectivity index (χ4v) is 2.57. The molecule has 120 valence electrons. The number of aromatic nitrogens is 1. The topological polar surface area (TPSA) is 55.0 Å². The minimum Gasteiger partial charge on any atom is -0.494 e. The third-order valence-electron chi connectivity index (χ3n) is 3.72. The number of pyridine rings is 1. The van der Waals surface area contributed by atoms with Crippen LogP contribution in [0, 0.1) is 11.3 Å². The molecule has 0 radical (unpaired) electrons. The molecule has 0 bridgehead atoms. The van der Waals surface area contributed by atoms with Crippen LogP contribution in [0.1, 0.15) is 38.7 Å². The molecule has 0 atom stereocenters. The first kappa shape index (κ1) is 16.8. The zero-order valence-corrected chi connectivity index (χ0v) is 13.7. The smallest absolute Gasteiger partial charge is 0.268 e. The second kappa shape index (κ2) is 8.19. The van der Waals surface area contributed by atoms with E-state index in [9.17, 15) is 4.79 Å². The van der Waals surface area contributed by atoms with Crippen LogP contribution < -0.4 is 10.3 Å². The molecule has 1 heterocycles. The summed E-state index contributed by atoms with van der Waals surface area (Å²) in [6.45, 7) is 5.28. The highest BCUT2D eigenvalue weighted by atomic mass is 16.5.